The molecule has 1 aliphatic rings. The van der Waals surface area contributed by atoms with Crippen LogP contribution in [0.5, 0.6) is 5.75 Å². The maximum atomic E-state index is 13.9. The lowest BCUT2D eigenvalue weighted by Gasteiger charge is -2.34. The second-order valence-corrected chi connectivity index (χ2v) is 8.96. The number of carbonyl (C=O) groups excluding carboxylic acids is 1. The molecule has 1 aromatic carbocycles. The van der Waals surface area contributed by atoms with Crippen LogP contribution in [0.4, 0.5) is 18.9 Å². The minimum Gasteiger partial charge on any atom is -0.497 e. The molecule has 0 aliphatic carbocycles. The Morgan fingerprint density at radius 1 is 1.26 bits per heavy atom. The fraction of sp³-hybridized carbons (Fsp3) is 0.560. The number of hydrogen-bond acceptors (Lipinski definition) is 7. The zero-order valence-corrected chi connectivity index (χ0v) is 22.5. The van der Waals surface area contributed by atoms with Crippen molar-refractivity contribution in [2.75, 3.05) is 45.3 Å². The zero-order chi connectivity index (χ0) is 27.0. The Morgan fingerprint density at radius 3 is 2.50 bits per heavy atom. The van der Waals surface area contributed by atoms with Crippen molar-refractivity contribution in [3.8, 4) is 5.75 Å². The monoisotopic (exact) mass is 561 g/mol. The third-order valence-corrected chi connectivity index (χ3v) is 6.22. The molecule has 13 heteroatoms. The van der Waals surface area contributed by atoms with Crippen molar-refractivity contribution in [1.82, 2.24) is 20.0 Å². The highest BCUT2D eigenvalue weighted by atomic mass is 35.5. The van der Waals surface area contributed by atoms with Gasteiger partial charge >= 0.3 is 6.18 Å². The van der Waals surface area contributed by atoms with Gasteiger partial charge in [0.25, 0.3) is 5.56 Å². The number of nitrogens with zero attached hydrogens (tertiary/aromatic N) is 3. The van der Waals surface area contributed by atoms with Gasteiger partial charge in [0, 0.05) is 18.6 Å². The molecule has 1 aliphatic heterocycles. The Hall–Kier alpha value is -2.83. The second-order valence-electron chi connectivity index (χ2n) is 8.96. The minimum absolute atomic E-state index is 0. The zero-order valence-electron chi connectivity index (χ0n) is 21.7. The number of likely N-dealkylation sites (N-methyl/N-ethyl adjacent to an activating group) is 1. The maximum absolute atomic E-state index is 13.9. The van der Waals surface area contributed by atoms with E-state index < -0.39 is 29.0 Å². The number of amides is 1. The summed E-state index contributed by atoms with van der Waals surface area (Å²) in [5.74, 6) is 0.437. The first-order valence-electron chi connectivity index (χ1n) is 12.3. The first kappa shape index (κ1) is 31.4. The fourth-order valence-electron chi connectivity index (χ4n) is 4.36. The number of nitrogens with one attached hydrogen (secondary N) is 2. The smallest absolute Gasteiger partial charge is 0.423 e. The first-order chi connectivity index (χ1) is 17.6. The summed E-state index contributed by atoms with van der Waals surface area (Å²) in [6.07, 6.45) is -2.16. The molecule has 9 nitrogen and oxygen atoms in total. The van der Waals surface area contributed by atoms with Crippen molar-refractivity contribution in [3.05, 3.63) is 51.9 Å². The van der Waals surface area contributed by atoms with Gasteiger partial charge in [0.1, 0.15) is 17.9 Å². The van der Waals surface area contributed by atoms with Crippen LogP contribution in [-0.2, 0) is 22.3 Å². The number of methoxy groups -OCH3 is 1. The molecular weight excluding hydrogens is 527 g/mol. The van der Waals surface area contributed by atoms with Crippen LogP contribution in [0.1, 0.15) is 37.8 Å². The van der Waals surface area contributed by atoms with E-state index in [9.17, 15) is 22.8 Å². The molecule has 2 heterocycles. The summed E-state index contributed by atoms with van der Waals surface area (Å²) in [7, 11) is 1.50. The average Bonchev–Trinajstić information content (AvgIpc) is 2.86. The van der Waals surface area contributed by atoms with Crippen LogP contribution < -0.4 is 20.9 Å². The molecule has 3 rings (SSSR count). The summed E-state index contributed by atoms with van der Waals surface area (Å²) >= 11 is 0. The van der Waals surface area contributed by atoms with E-state index in [1.807, 2.05) is 6.92 Å². The number of alkyl halides is 3. The Labute approximate surface area is 226 Å². The number of aromatic nitrogens is 2. The largest absolute Gasteiger partial charge is 0.497 e. The number of piperidine rings is 1. The lowest BCUT2D eigenvalue weighted by atomic mass is 10.0. The summed E-state index contributed by atoms with van der Waals surface area (Å²) in [5, 5.41) is 9.88. The van der Waals surface area contributed by atoms with Gasteiger partial charge in [-0.05, 0) is 57.5 Å². The standard InChI is InChI=1S/C25H34F3N5O4.ClH/c1-4-32(19-9-11-29-12-10-19)22(34)16-37-15-17(2)31-21-13-30-33(24(35)23(21)25(26,27)28)14-18-5-7-20(36-3)8-6-18;/h5-8,13,17,19,29,31H,4,9-12,14-16H2,1-3H3;1H/t17-;/m0./s1. The molecule has 212 valence electrons. The van der Waals surface area contributed by atoms with Gasteiger partial charge in [-0.3, -0.25) is 9.59 Å². The van der Waals surface area contributed by atoms with Crippen molar-refractivity contribution in [3.63, 3.8) is 0 Å². The van der Waals surface area contributed by atoms with Crippen molar-refractivity contribution >= 4 is 24.0 Å². The second kappa shape index (κ2) is 14.4. The van der Waals surface area contributed by atoms with Gasteiger partial charge in [-0.25, -0.2) is 4.68 Å². The van der Waals surface area contributed by atoms with E-state index in [-0.39, 0.29) is 44.1 Å². The van der Waals surface area contributed by atoms with Crippen LogP contribution in [0.2, 0.25) is 0 Å². The number of halogens is 4. The number of anilines is 1. The van der Waals surface area contributed by atoms with Gasteiger partial charge < -0.3 is 25.0 Å². The van der Waals surface area contributed by atoms with Crippen LogP contribution in [0.15, 0.2) is 35.3 Å². The van der Waals surface area contributed by atoms with Crippen molar-refractivity contribution < 1.29 is 27.4 Å². The SMILES string of the molecule is CCN(C(=O)COC[C@H](C)Nc1cnn(Cc2ccc(OC)cc2)c(=O)c1C(F)(F)F)C1CCNCC1.Cl. The third-order valence-electron chi connectivity index (χ3n) is 6.22. The van der Waals surface area contributed by atoms with Crippen LogP contribution >= 0.6 is 12.4 Å². The Kier molecular flexibility index (Phi) is 11.9. The molecule has 2 aromatic rings. The Morgan fingerprint density at radius 2 is 1.92 bits per heavy atom. The highest BCUT2D eigenvalue weighted by molar-refractivity contribution is 5.85. The molecule has 0 radical (unpaired) electrons. The molecule has 0 saturated carbocycles. The molecule has 1 aromatic heterocycles. The van der Waals surface area contributed by atoms with Crippen LogP contribution in [0.3, 0.4) is 0 Å². The van der Waals surface area contributed by atoms with E-state index in [1.54, 1.807) is 36.1 Å². The van der Waals surface area contributed by atoms with Gasteiger partial charge in [0.05, 0.1) is 32.1 Å². The minimum atomic E-state index is -4.89. The molecule has 0 unspecified atom stereocenters. The molecule has 1 amide bonds. The van der Waals surface area contributed by atoms with Gasteiger partial charge in [-0.2, -0.15) is 18.3 Å². The highest BCUT2D eigenvalue weighted by Gasteiger charge is 2.38. The normalized spacial score (nSPS) is 14.9. The van der Waals surface area contributed by atoms with Gasteiger partial charge in [-0.15, -0.1) is 12.4 Å². The first-order valence-corrected chi connectivity index (χ1v) is 12.3. The molecule has 0 spiro atoms. The van der Waals surface area contributed by atoms with Crippen molar-refractivity contribution in [2.45, 2.75) is 51.5 Å². The van der Waals surface area contributed by atoms with E-state index in [0.29, 0.717) is 17.9 Å². The predicted octanol–water partition coefficient (Wildman–Crippen LogP) is 3.16. The number of ether oxygens (including phenoxy) is 2. The number of hydrogen-bond donors (Lipinski definition) is 2. The van der Waals surface area contributed by atoms with Crippen LogP contribution in [-0.4, -0.2) is 72.6 Å². The summed E-state index contributed by atoms with van der Waals surface area (Å²) < 4.78 is 52.9. The molecule has 38 heavy (non-hydrogen) atoms. The number of rotatable bonds is 11. The van der Waals surface area contributed by atoms with E-state index >= 15 is 0 Å². The molecule has 2 N–H and O–H groups in total. The molecular formula is C25H35ClF3N5O4. The third kappa shape index (κ3) is 8.34. The van der Waals surface area contributed by atoms with E-state index in [1.165, 1.54) is 7.11 Å². The lowest BCUT2D eigenvalue weighted by Crippen LogP contribution is -2.47. The van der Waals surface area contributed by atoms with Gasteiger partial charge in [0.15, 0.2) is 0 Å². The number of carbonyl (C=O) groups is 1. The van der Waals surface area contributed by atoms with Gasteiger partial charge in [0.2, 0.25) is 5.91 Å². The van der Waals surface area contributed by atoms with E-state index in [2.05, 4.69) is 15.7 Å². The van der Waals surface area contributed by atoms with E-state index in [4.69, 9.17) is 9.47 Å². The quantitative estimate of drug-likeness (QED) is 0.435. The number of benzene rings is 1. The molecule has 1 saturated heterocycles. The average molecular weight is 562 g/mol. The summed E-state index contributed by atoms with van der Waals surface area (Å²) in [6.45, 7) is 5.46. The van der Waals surface area contributed by atoms with Crippen LogP contribution in [0.25, 0.3) is 0 Å². The topological polar surface area (TPSA) is 97.7 Å². The predicted molar refractivity (Wildman–Crippen MR) is 140 cm³/mol. The van der Waals surface area contributed by atoms with E-state index in [0.717, 1.165) is 36.8 Å². The Balaban J connectivity index is 0.00000507. The summed E-state index contributed by atoms with van der Waals surface area (Å²) in [5.41, 5.74) is -2.42. The summed E-state index contributed by atoms with van der Waals surface area (Å²) in [6, 6.07) is 6.15. The summed E-state index contributed by atoms with van der Waals surface area (Å²) in [4.78, 5) is 27.1. The lowest BCUT2D eigenvalue weighted by molar-refractivity contribution is -0.139. The highest BCUT2D eigenvalue weighted by Crippen LogP contribution is 2.32. The molecule has 1 atom stereocenters. The maximum Gasteiger partial charge on any atom is 0.423 e. The van der Waals surface area contributed by atoms with Crippen LogP contribution in [0, 0.1) is 0 Å². The molecule has 0 bridgehead atoms. The molecule has 1 fully saturated rings. The Bertz CT molecular complexity index is 1090. The fourth-order valence-corrected chi connectivity index (χ4v) is 4.36. The van der Waals surface area contributed by atoms with Crippen molar-refractivity contribution in [1.29, 1.82) is 0 Å². The van der Waals surface area contributed by atoms with Crippen molar-refractivity contribution in [2.24, 2.45) is 0 Å². The van der Waals surface area contributed by atoms with Gasteiger partial charge in [-0.1, -0.05) is 12.1 Å².